The molecule has 0 fully saturated rings. The molecule has 7 heteroatoms. The molecule has 236 valence electrons. The lowest BCUT2D eigenvalue weighted by Crippen LogP contribution is -2.34. The van der Waals surface area contributed by atoms with Gasteiger partial charge < -0.3 is 14.1 Å². The Morgan fingerprint density at radius 3 is 2.09 bits per heavy atom. The second-order valence-electron chi connectivity index (χ2n) is 11.2. The van der Waals surface area contributed by atoms with Gasteiger partial charge in [-0.15, -0.1) is 0 Å². The zero-order valence-corrected chi connectivity index (χ0v) is 30.6. The minimum atomic E-state index is -0.349. The normalized spacial score (nSPS) is 11.4. The quantitative estimate of drug-likeness (QED) is 0.0782. The number of unbranched alkanes of at least 4 members (excludes halogenated alkanes) is 2. The van der Waals surface area contributed by atoms with Crippen molar-refractivity contribution in [2.45, 2.75) is 80.1 Å². The van der Waals surface area contributed by atoms with Gasteiger partial charge in [0.25, 0.3) is 0 Å². The Hall–Kier alpha value is -2.64. The van der Waals surface area contributed by atoms with Crippen molar-refractivity contribution < 1.29 is 13.9 Å². The maximum absolute atomic E-state index is 13.2. The number of carbonyl (C=O) groups excluding carboxylic acids is 1. The largest absolute Gasteiger partial charge is 0.465 e. The molecule has 44 heavy (non-hydrogen) atoms. The summed E-state index contributed by atoms with van der Waals surface area (Å²) in [6.45, 7) is 16.8. The summed E-state index contributed by atoms with van der Waals surface area (Å²) < 4.78 is 16.6. The Labute approximate surface area is 279 Å². The minimum Gasteiger partial charge on any atom is -0.465 e. The first-order valence-electron chi connectivity index (χ1n) is 16.2. The summed E-state index contributed by atoms with van der Waals surface area (Å²) in [5.74, 6) is 0.430. The summed E-state index contributed by atoms with van der Waals surface area (Å²) in [7, 11) is 1.45. The van der Waals surface area contributed by atoms with Gasteiger partial charge in [-0.05, 0) is 115 Å². The molecular weight excluding hydrogens is 680 g/mol. The predicted octanol–water partition coefficient (Wildman–Crippen LogP) is 9.86. The zero-order valence-electron chi connectivity index (χ0n) is 27.4. The lowest BCUT2D eigenvalue weighted by molar-refractivity contribution is 0.0601. The SMILES string of the molecule is CCCCc1cc2c(-c3ccccc3C(=O)OC)c3cc(CCCC)c(=[N+](CC)CC)c(Br)c-3oc2c(Br)c1N(CC)CC. The molecule has 2 aromatic rings. The number of benzene rings is 3. The molecule has 5 nitrogen and oxygen atoms in total. The highest BCUT2D eigenvalue weighted by atomic mass is 79.9. The third-order valence-electron chi connectivity index (χ3n) is 8.65. The second-order valence-corrected chi connectivity index (χ2v) is 12.8. The Bertz CT molecular complexity index is 1660. The molecule has 0 amide bonds. The van der Waals surface area contributed by atoms with E-state index < -0.39 is 0 Å². The summed E-state index contributed by atoms with van der Waals surface area (Å²) in [6.07, 6.45) is 6.30. The van der Waals surface area contributed by atoms with Crippen LogP contribution in [0.4, 0.5) is 5.69 Å². The average molecular weight is 728 g/mol. The highest BCUT2D eigenvalue weighted by Gasteiger charge is 2.30. The molecule has 0 spiro atoms. The van der Waals surface area contributed by atoms with Crippen LogP contribution in [0, 0.1) is 0 Å². The van der Waals surface area contributed by atoms with Crippen LogP contribution in [0.1, 0.15) is 88.7 Å². The van der Waals surface area contributed by atoms with Gasteiger partial charge in [0.05, 0.1) is 22.8 Å². The number of rotatable bonds is 13. The standard InChI is InChI=1S/C37H47Br2N2O3/c1-8-14-18-24-22-28-30(26-20-16-17-21-27(26)37(42)43-7)29-23-25(19-15-9-2)34(41(12-5)13-6)32(39)36(29)44-35(28)31(38)33(24)40(10-3)11-4/h16-17,20-23H,8-15,18-19H2,1-7H3/q+1. The molecule has 0 unspecified atom stereocenters. The number of methoxy groups -OCH3 is 1. The number of carbonyl (C=O) groups is 1. The van der Waals surface area contributed by atoms with Gasteiger partial charge in [-0.25, -0.2) is 9.37 Å². The zero-order chi connectivity index (χ0) is 32.0. The van der Waals surface area contributed by atoms with Crippen molar-refractivity contribution >= 4 is 54.5 Å². The summed E-state index contributed by atoms with van der Waals surface area (Å²) in [5, 5.41) is 2.18. The van der Waals surface area contributed by atoms with Crippen LogP contribution < -0.4 is 14.8 Å². The molecule has 1 heterocycles. The van der Waals surface area contributed by atoms with E-state index in [9.17, 15) is 4.79 Å². The number of ether oxygens (including phenoxy) is 1. The Morgan fingerprint density at radius 2 is 1.50 bits per heavy atom. The third kappa shape index (κ3) is 6.50. The number of nitrogens with zero attached hydrogens (tertiary/aromatic N) is 2. The molecule has 0 saturated heterocycles. The van der Waals surface area contributed by atoms with E-state index in [-0.39, 0.29) is 5.97 Å². The Kier molecular flexibility index (Phi) is 12.1. The maximum Gasteiger partial charge on any atom is 0.338 e. The van der Waals surface area contributed by atoms with Crippen LogP contribution in [-0.2, 0) is 17.6 Å². The number of hydrogen-bond acceptors (Lipinski definition) is 4. The van der Waals surface area contributed by atoms with Crippen molar-refractivity contribution in [3.8, 4) is 22.5 Å². The van der Waals surface area contributed by atoms with Crippen molar-refractivity contribution in [1.29, 1.82) is 0 Å². The first-order chi connectivity index (χ1) is 21.3. The fourth-order valence-corrected chi connectivity index (χ4v) is 7.93. The number of aryl methyl sites for hydroxylation is 2. The van der Waals surface area contributed by atoms with E-state index in [1.54, 1.807) is 0 Å². The molecule has 0 bridgehead atoms. The van der Waals surface area contributed by atoms with Gasteiger partial charge in [0, 0.05) is 35.2 Å². The summed E-state index contributed by atoms with van der Waals surface area (Å²) >= 11 is 8.11. The van der Waals surface area contributed by atoms with Gasteiger partial charge in [-0.1, -0.05) is 44.9 Å². The van der Waals surface area contributed by atoms with Crippen molar-refractivity contribution in [1.82, 2.24) is 4.58 Å². The van der Waals surface area contributed by atoms with Gasteiger partial charge in [-0.3, -0.25) is 0 Å². The molecule has 2 aromatic carbocycles. The number of hydrogen-bond donors (Lipinski definition) is 0. The van der Waals surface area contributed by atoms with E-state index in [0.717, 1.165) is 107 Å². The predicted molar refractivity (Wildman–Crippen MR) is 192 cm³/mol. The fourth-order valence-electron chi connectivity index (χ4n) is 6.33. The van der Waals surface area contributed by atoms with Gasteiger partial charge in [0.2, 0.25) is 5.36 Å². The molecule has 0 radical (unpaired) electrons. The molecular formula is C37H47Br2N2O3+. The Balaban J connectivity index is 2.33. The number of fused-ring (bicyclic) bond motifs is 2. The third-order valence-corrected chi connectivity index (χ3v) is 10.1. The summed E-state index contributed by atoms with van der Waals surface area (Å²) in [4.78, 5) is 15.6. The van der Waals surface area contributed by atoms with Gasteiger partial charge >= 0.3 is 5.97 Å². The van der Waals surface area contributed by atoms with Crippen LogP contribution in [-0.4, -0.2) is 39.3 Å². The van der Waals surface area contributed by atoms with E-state index >= 15 is 0 Å². The number of anilines is 1. The summed E-state index contributed by atoms with van der Waals surface area (Å²) in [5.41, 5.74) is 7.91. The monoisotopic (exact) mass is 725 g/mol. The molecule has 1 aliphatic heterocycles. The highest BCUT2D eigenvalue weighted by molar-refractivity contribution is 9.11. The molecule has 1 aliphatic carbocycles. The number of esters is 1. The van der Waals surface area contributed by atoms with Crippen LogP contribution in [0.2, 0.25) is 0 Å². The van der Waals surface area contributed by atoms with E-state index in [1.165, 1.54) is 29.3 Å². The van der Waals surface area contributed by atoms with Crippen LogP contribution in [0.3, 0.4) is 0 Å². The maximum atomic E-state index is 13.2. The molecule has 4 rings (SSSR count). The second kappa shape index (κ2) is 15.6. The van der Waals surface area contributed by atoms with E-state index in [1.807, 2.05) is 24.3 Å². The van der Waals surface area contributed by atoms with Crippen molar-refractivity contribution in [2.24, 2.45) is 0 Å². The lowest BCUT2D eigenvalue weighted by atomic mass is 9.88. The van der Waals surface area contributed by atoms with Crippen molar-refractivity contribution in [3.05, 3.63) is 67.4 Å². The highest BCUT2D eigenvalue weighted by Crippen LogP contribution is 2.48. The average Bonchev–Trinajstić information content (AvgIpc) is 3.04. The Morgan fingerprint density at radius 1 is 0.864 bits per heavy atom. The van der Waals surface area contributed by atoms with Gasteiger partial charge in [-0.2, -0.15) is 0 Å². The lowest BCUT2D eigenvalue weighted by Gasteiger charge is -2.28. The van der Waals surface area contributed by atoms with E-state index in [0.29, 0.717) is 5.56 Å². The first kappa shape index (κ1) is 34.2. The molecule has 0 N–H and O–H groups in total. The van der Waals surface area contributed by atoms with Gasteiger partial charge in [0.15, 0.2) is 11.3 Å². The molecule has 0 saturated carbocycles. The van der Waals surface area contributed by atoms with Gasteiger partial charge in [0.1, 0.15) is 17.6 Å². The minimum absolute atomic E-state index is 0.349. The van der Waals surface area contributed by atoms with Crippen molar-refractivity contribution in [3.63, 3.8) is 0 Å². The van der Waals surface area contributed by atoms with Crippen molar-refractivity contribution in [2.75, 3.05) is 38.2 Å². The molecule has 2 aliphatic rings. The number of halogens is 2. The smallest absolute Gasteiger partial charge is 0.338 e. The first-order valence-corrected chi connectivity index (χ1v) is 17.8. The van der Waals surface area contributed by atoms with E-state index in [2.05, 4.69) is 95.0 Å². The molecule has 0 atom stereocenters. The molecule has 0 aromatic heterocycles. The van der Waals surface area contributed by atoms with Crippen LogP contribution in [0.5, 0.6) is 0 Å². The topological polar surface area (TPSA) is 45.7 Å². The van der Waals surface area contributed by atoms with Crippen LogP contribution >= 0.6 is 31.9 Å². The fraction of sp³-hybridized carbons (Fsp3) is 0.459. The summed E-state index contributed by atoms with van der Waals surface area (Å²) in [6, 6.07) is 12.4. The van der Waals surface area contributed by atoms with E-state index in [4.69, 9.17) is 9.15 Å². The van der Waals surface area contributed by atoms with Crippen LogP contribution in [0.15, 0.2) is 49.8 Å². The van der Waals surface area contributed by atoms with Crippen LogP contribution in [0.25, 0.3) is 33.4 Å².